The molecule has 0 atom stereocenters. The Kier molecular flexibility index (Phi) is 2.85. The molecule has 2 heterocycles. The van der Waals surface area contributed by atoms with E-state index in [0.29, 0.717) is 0 Å². The lowest BCUT2D eigenvalue weighted by molar-refractivity contribution is 0.646. The predicted molar refractivity (Wildman–Crippen MR) is 53.7 cm³/mol. The van der Waals surface area contributed by atoms with Gasteiger partial charge in [0.05, 0.1) is 11.4 Å². The van der Waals surface area contributed by atoms with Crippen molar-refractivity contribution in [2.24, 2.45) is 7.05 Å². The first-order valence-corrected chi connectivity index (χ1v) is 5.13. The van der Waals surface area contributed by atoms with Gasteiger partial charge in [-0.2, -0.15) is 5.10 Å². The van der Waals surface area contributed by atoms with Crippen molar-refractivity contribution in [1.29, 1.82) is 0 Å². The van der Waals surface area contributed by atoms with Crippen molar-refractivity contribution in [2.75, 3.05) is 0 Å². The SMILES string of the molecule is Cn1ccc(CNCc2csnn2)n1. The molecule has 0 aromatic carbocycles. The van der Waals surface area contributed by atoms with Crippen LogP contribution in [-0.4, -0.2) is 19.4 Å². The Morgan fingerprint density at radius 1 is 1.43 bits per heavy atom. The van der Waals surface area contributed by atoms with Gasteiger partial charge in [-0.25, -0.2) is 0 Å². The Morgan fingerprint density at radius 3 is 2.93 bits per heavy atom. The monoisotopic (exact) mass is 209 g/mol. The van der Waals surface area contributed by atoms with Crippen LogP contribution in [0.1, 0.15) is 11.4 Å². The maximum Gasteiger partial charge on any atom is 0.0893 e. The molecular formula is C8H11N5S. The number of aryl methyl sites for hydroxylation is 1. The van der Waals surface area contributed by atoms with Gasteiger partial charge in [0.2, 0.25) is 0 Å². The summed E-state index contributed by atoms with van der Waals surface area (Å²) < 4.78 is 5.58. The molecule has 0 fully saturated rings. The lowest BCUT2D eigenvalue weighted by Gasteiger charge is -1.98. The highest BCUT2D eigenvalue weighted by molar-refractivity contribution is 7.03. The van der Waals surface area contributed by atoms with Crippen molar-refractivity contribution in [1.82, 2.24) is 24.7 Å². The summed E-state index contributed by atoms with van der Waals surface area (Å²) in [5.41, 5.74) is 2.02. The summed E-state index contributed by atoms with van der Waals surface area (Å²) in [4.78, 5) is 0. The molecule has 2 aromatic rings. The fraction of sp³-hybridized carbons (Fsp3) is 0.375. The zero-order chi connectivity index (χ0) is 9.80. The van der Waals surface area contributed by atoms with Gasteiger partial charge in [-0.15, -0.1) is 5.10 Å². The fourth-order valence-corrected chi connectivity index (χ4v) is 1.59. The Morgan fingerprint density at radius 2 is 2.29 bits per heavy atom. The van der Waals surface area contributed by atoms with E-state index in [-0.39, 0.29) is 0 Å². The third-order valence-electron chi connectivity index (χ3n) is 1.79. The lowest BCUT2D eigenvalue weighted by atomic mass is 10.4. The highest BCUT2D eigenvalue weighted by Crippen LogP contribution is 1.97. The molecule has 0 unspecified atom stereocenters. The van der Waals surface area contributed by atoms with Crippen LogP contribution in [0.5, 0.6) is 0 Å². The second-order valence-corrected chi connectivity index (χ2v) is 3.59. The maximum absolute atomic E-state index is 4.25. The zero-order valence-corrected chi connectivity index (χ0v) is 8.66. The van der Waals surface area contributed by atoms with E-state index in [1.807, 2.05) is 24.7 Å². The second-order valence-electron chi connectivity index (χ2n) is 2.98. The molecule has 0 aliphatic heterocycles. The number of aromatic nitrogens is 4. The zero-order valence-electron chi connectivity index (χ0n) is 7.84. The molecule has 2 aromatic heterocycles. The van der Waals surface area contributed by atoms with Crippen molar-refractivity contribution in [3.8, 4) is 0 Å². The van der Waals surface area contributed by atoms with Crippen LogP contribution in [0.2, 0.25) is 0 Å². The molecule has 0 spiro atoms. The van der Waals surface area contributed by atoms with Crippen LogP contribution in [0.3, 0.4) is 0 Å². The van der Waals surface area contributed by atoms with Crippen molar-refractivity contribution in [3.05, 3.63) is 29.0 Å². The number of nitrogens with zero attached hydrogens (tertiary/aromatic N) is 4. The van der Waals surface area contributed by atoms with Crippen molar-refractivity contribution < 1.29 is 0 Å². The van der Waals surface area contributed by atoms with Gasteiger partial charge in [0.25, 0.3) is 0 Å². The van der Waals surface area contributed by atoms with Crippen LogP contribution < -0.4 is 5.32 Å². The van der Waals surface area contributed by atoms with Gasteiger partial charge in [0, 0.05) is 31.7 Å². The molecule has 0 radical (unpaired) electrons. The molecule has 5 nitrogen and oxygen atoms in total. The van der Waals surface area contributed by atoms with E-state index in [0.717, 1.165) is 24.5 Å². The Bertz CT molecular complexity index is 380. The van der Waals surface area contributed by atoms with Gasteiger partial charge in [0.15, 0.2) is 0 Å². The molecule has 0 saturated carbocycles. The molecule has 0 bridgehead atoms. The third-order valence-corrected chi connectivity index (χ3v) is 2.34. The highest BCUT2D eigenvalue weighted by Gasteiger charge is 1.98. The minimum atomic E-state index is 0.743. The first-order chi connectivity index (χ1) is 6.84. The molecule has 1 N–H and O–H groups in total. The summed E-state index contributed by atoms with van der Waals surface area (Å²) in [5.74, 6) is 0. The molecule has 0 saturated heterocycles. The molecule has 0 amide bonds. The maximum atomic E-state index is 4.25. The van der Waals surface area contributed by atoms with E-state index >= 15 is 0 Å². The van der Waals surface area contributed by atoms with Gasteiger partial charge in [0.1, 0.15) is 0 Å². The van der Waals surface area contributed by atoms with Crippen LogP contribution in [0.15, 0.2) is 17.6 Å². The average molecular weight is 209 g/mol. The average Bonchev–Trinajstić information content (AvgIpc) is 2.77. The first-order valence-electron chi connectivity index (χ1n) is 4.30. The highest BCUT2D eigenvalue weighted by atomic mass is 32.1. The fourth-order valence-electron chi connectivity index (χ4n) is 1.14. The predicted octanol–water partition coefficient (Wildman–Crippen LogP) is 0.561. The van der Waals surface area contributed by atoms with Crippen LogP contribution in [-0.2, 0) is 20.1 Å². The third kappa shape index (κ3) is 2.36. The number of hydrogen-bond donors (Lipinski definition) is 1. The van der Waals surface area contributed by atoms with Crippen LogP contribution >= 0.6 is 11.5 Å². The van der Waals surface area contributed by atoms with Gasteiger partial charge in [-0.3, -0.25) is 4.68 Å². The van der Waals surface area contributed by atoms with Crippen LogP contribution in [0.25, 0.3) is 0 Å². The number of hydrogen-bond acceptors (Lipinski definition) is 5. The largest absolute Gasteiger partial charge is 0.305 e. The Labute approximate surface area is 85.9 Å². The van der Waals surface area contributed by atoms with Crippen molar-refractivity contribution >= 4 is 11.5 Å². The van der Waals surface area contributed by atoms with Crippen molar-refractivity contribution in [3.63, 3.8) is 0 Å². The summed E-state index contributed by atoms with van der Waals surface area (Å²) in [6, 6.07) is 1.99. The smallest absolute Gasteiger partial charge is 0.0893 e. The molecule has 74 valence electrons. The van der Waals surface area contributed by atoms with E-state index < -0.39 is 0 Å². The molecule has 6 heteroatoms. The minimum absolute atomic E-state index is 0.743. The van der Waals surface area contributed by atoms with Crippen LogP contribution in [0.4, 0.5) is 0 Å². The lowest BCUT2D eigenvalue weighted by Crippen LogP contribution is -2.13. The van der Waals surface area contributed by atoms with E-state index in [2.05, 4.69) is 20.0 Å². The van der Waals surface area contributed by atoms with Gasteiger partial charge in [-0.1, -0.05) is 4.49 Å². The normalized spacial score (nSPS) is 10.6. The van der Waals surface area contributed by atoms with E-state index in [1.165, 1.54) is 11.5 Å². The molecule has 0 aliphatic carbocycles. The topological polar surface area (TPSA) is 55.6 Å². The molecular weight excluding hydrogens is 198 g/mol. The summed E-state index contributed by atoms with van der Waals surface area (Å²) in [7, 11) is 1.91. The van der Waals surface area contributed by atoms with Gasteiger partial charge in [-0.05, 0) is 17.6 Å². The van der Waals surface area contributed by atoms with Gasteiger partial charge < -0.3 is 5.32 Å². The minimum Gasteiger partial charge on any atom is -0.305 e. The summed E-state index contributed by atoms with van der Waals surface area (Å²) >= 11 is 1.37. The summed E-state index contributed by atoms with van der Waals surface area (Å²) in [6.07, 6.45) is 1.93. The summed E-state index contributed by atoms with van der Waals surface area (Å²) in [5, 5.41) is 13.4. The Hall–Kier alpha value is -1.27. The van der Waals surface area contributed by atoms with E-state index in [9.17, 15) is 0 Å². The number of rotatable bonds is 4. The van der Waals surface area contributed by atoms with E-state index in [1.54, 1.807) is 4.68 Å². The van der Waals surface area contributed by atoms with Crippen LogP contribution in [0, 0.1) is 0 Å². The second kappa shape index (κ2) is 4.30. The molecule has 14 heavy (non-hydrogen) atoms. The number of nitrogens with one attached hydrogen (secondary N) is 1. The van der Waals surface area contributed by atoms with Gasteiger partial charge >= 0.3 is 0 Å². The standard InChI is InChI=1S/C8H11N5S/c1-13-3-2-7(11-13)4-9-5-8-6-14-12-10-8/h2-3,6,9H,4-5H2,1H3. The van der Waals surface area contributed by atoms with E-state index in [4.69, 9.17) is 0 Å². The molecule has 2 rings (SSSR count). The summed E-state index contributed by atoms with van der Waals surface area (Å²) in [6.45, 7) is 1.51. The Balaban J connectivity index is 1.78. The first kappa shape index (κ1) is 9.29. The van der Waals surface area contributed by atoms with Crippen molar-refractivity contribution in [2.45, 2.75) is 13.1 Å². The molecule has 0 aliphatic rings. The quantitative estimate of drug-likeness (QED) is 0.799.